The van der Waals surface area contributed by atoms with Gasteiger partial charge >= 0.3 is 0 Å². The summed E-state index contributed by atoms with van der Waals surface area (Å²) in [6, 6.07) is 0. The predicted molar refractivity (Wildman–Crippen MR) is 66.3 cm³/mol. The summed E-state index contributed by atoms with van der Waals surface area (Å²) in [6.07, 6.45) is 1.95. The van der Waals surface area contributed by atoms with Crippen molar-refractivity contribution in [3.8, 4) is 0 Å². The first-order valence-electron chi connectivity index (χ1n) is 5.34. The molecule has 0 amide bonds. The minimum Gasteiger partial charge on any atom is -0.311 e. The van der Waals surface area contributed by atoms with E-state index in [1.54, 1.807) is 11.3 Å². The maximum atomic E-state index is 4.22. The minimum atomic E-state index is 0.211. The second kappa shape index (κ2) is 5.58. The van der Waals surface area contributed by atoms with Gasteiger partial charge in [-0.15, -0.1) is 11.3 Å². The summed E-state index contributed by atoms with van der Waals surface area (Å²) in [7, 11) is 0. The third kappa shape index (κ3) is 5.87. The number of rotatable bonds is 5. The molecule has 3 nitrogen and oxygen atoms in total. The van der Waals surface area contributed by atoms with Crippen molar-refractivity contribution in [3.63, 3.8) is 0 Å². The highest BCUT2D eigenvalue weighted by atomic mass is 32.1. The molecule has 0 saturated carbocycles. The highest BCUT2D eigenvalue weighted by molar-refractivity contribution is 7.11. The van der Waals surface area contributed by atoms with Crippen LogP contribution in [0, 0.1) is 6.92 Å². The van der Waals surface area contributed by atoms with E-state index in [0.717, 1.165) is 24.6 Å². The van der Waals surface area contributed by atoms with Gasteiger partial charge in [0, 0.05) is 36.2 Å². The summed E-state index contributed by atoms with van der Waals surface area (Å²) in [5.74, 6) is 0. The van der Waals surface area contributed by atoms with Crippen molar-refractivity contribution in [1.82, 2.24) is 15.6 Å². The molecule has 0 aliphatic rings. The Labute approximate surface area is 96.3 Å². The Bertz CT molecular complexity index is 288. The van der Waals surface area contributed by atoms with Gasteiger partial charge in [-0.1, -0.05) is 0 Å². The first-order chi connectivity index (χ1) is 6.97. The van der Waals surface area contributed by atoms with Crippen molar-refractivity contribution in [1.29, 1.82) is 0 Å². The maximum absolute atomic E-state index is 4.22. The van der Waals surface area contributed by atoms with Gasteiger partial charge in [-0.25, -0.2) is 4.98 Å². The fraction of sp³-hybridized carbons (Fsp3) is 0.727. The van der Waals surface area contributed by atoms with Crippen molar-refractivity contribution in [2.24, 2.45) is 0 Å². The monoisotopic (exact) mass is 227 g/mol. The molecule has 1 aromatic rings. The van der Waals surface area contributed by atoms with E-state index in [0.29, 0.717) is 0 Å². The first kappa shape index (κ1) is 12.6. The SMILES string of the molecule is Cc1ncc(CNCCNC(C)(C)C)s1. The van der Waals surface area contributed by atoms with Crippen LogP contribution in [0.1, 0.15) is 30.7 Å². The summed E-state index contributed by atoms with van der Waals surface area (Å²) < 4.78 is 0. The summed E-state index contributed by atoms with van der Waals surface area (Å²) in [5, 5.41) is 7.97. The molecule has 0 aliphatic heterocycles. The van der Waals surface area contributed by atoms with Gasteiger partial charge in [-0.05, 0) is 27.7 Å². The van der Waals surface area contributed by atoms with Crippen LogP contribution in [0.2, 0.25) is 0 Å². The number of aromatic nitrogens is 1. The lowest BCUT2D eigenvalue weighted by Crippen LogP contribution is -2.40. The Hall–Kier alpha value is -0.450. The van der Waals surface area contributed by atoms with Gasteiger partial charge in [0.05, 0.1) is 5.01 Å². The molecule has 15 heavy (non-hydrogen) atoms. The third-order valence-corrected chi connectivity index (χ3v) is 2.84. The van der Waals surface area contributed by atoms with E-state index < -0.39 is 0 Å². The van der Waals surface area contributed by atoms with E-state index in [1.165, 1.54) is 4.88 Å². The van der Waals surface area contributed by atoms with Gasteiger partial charge in [0.25, 0.3) is 0 Å². The van der Waals surface area contributed by atoms with E-state index in [2.05, 4.69) is 36.4 Å². The van der Waals surface area contributed by atoms with Gasteiger partial charge < -0.3 is 10.6 Å². The van der Waals surface area contributed by atoms with Crippen LogP contribution in [0.5, 0.6) is 0 Å². The molecule has 0 saturated heterocycles. The third-order valence-electron chi connectivity index (χ3n) is 1.93. The van der Waals surface area contributed by atoms with Gasteiger partial charge in [0.15, 0.2) is 0 Å². The highest BCUT2D eigenvalue weighted by Gasteiger charge is 2.06. The van der Waals surface area contributed by atoms with E-state index in [9.17, 15) is 0 Å². The predicted octanol–water partition coefficient (Wildman–Crippen LogP) is 1.93. The van der Waals surface area contributed by atoms with E-state index in [-0.39, 0.29) is 5.54 Å². The zero-order chi connectivity index (χ0) is 11.3. The molecular formula is C11H21N3S. The summed E-state index contributed by atoms with van der Waals surface area (Å²) in [5.41, 5.74) is 0.211. The lowest BCUT2D eigenvalue weighted by Gasteiger charge is -2.20. The van der Waals surface area contributed by atoms with Crippen molar-refractivity contribution < 1.29 is 0 Å². The number of nitrogens with zero attached hydrogens (tertiary/aromatic N) is 1. The first-order valence-corrected chi connectivity index (χ1v) is 6.16. The molecule has 1 rings (SSSR count). The summed E-state index contributed by atoms with van der Waals surface area (Å²) in [4.78, 5) is 5.53. The zero-order valence-corrected chi connectivity index (χ0v) is 10.9. The van der Waals surface area contributed by atoms with Crippen molar-refractivity contribution >= 4 is 11.3 Å². The second-order valence-corrected chi connectivity index (χ2v) is 6.02. The topological polar surface area (TPSA) is 37.0 Å². The smallest absolute Gasteiger partial charge is 0.0897 e. The van der Waals surface area contributed by atoms with E-state index in [1.807, 2.05) is 13.1 Å². The molecule has 0 bridgehead atoms. The van der Waals surface area contributed by atoms with Crippen LogP contribution < -0.4 is 10.6 Å². The lowest BCUT2D eigenvalue weighted by atomic mass is 10.1. The van der Waals surface area contributed by atoms with Crippen LogP contribution in [0.15, 0.2) is 6.20 Å². The number of thiazole rings is 1. The Morgan fingerprint density at radius 3 is 2.60 bits per heavy atom. The minimum absolute atomic E-state index is 0.211. The molecule has 0 aliphatic carbocycles. The molecule has 4 heteroatoms. The largest absolute Gasteiger partial charge is 0.311 e. The van der Waals surface area contributed by atoms with Crippen LogP contribution in [-0.4, -0.2) is 23.6 Å². The standard InChI is InChI=1S/C11H21N3S/c1-9-13-8-10(15-9)7-12-5-6-14-11(2,3)4/h8,12,14H,5-7H2,1-4H3. The molecule has 86 valence electrons. The Morgan fingerprint density at radius 2 is 2.07 bits per heavy atom. The fourth-order valence-electron chi connectivity index (χ4n) is 1.22. The molecule has 0 radical (unpaired) electrons. The van der Waals surface area contributed by atoms with Crippen molar-refractivity contribution in [2.45, 2.75) is 39.8 Å². The van der Waals surface area contributed by atoms with Gasteiger partial charge in [0.1, 0.15) is 0 Å². The van der Waals surface area contributed by atoms with Crippen LogP contribution in [0.3, 0.4) is 0 Å². The molecule has 0 fully saturated rings. The Kier molecular flexibility index (Phi) is 4.70. The quantitative estimate of drug-likeness (QED) is 0.755. The number of aryl methyl sites for hydroxylation is 1. The molecule has 0 spiro atoms. The number of nitrogens with one attached hydrogen (secondary N) is 2. The molecule has 0 aromatic carbocycles. The highest BCUT2D eigenvalue weighted by Crippen LogP contribution is 2.10. The maximum Gasteiger partial charge on any atom is 0.0897 e. The zero-order valence-electron chi connectivity index (χ0n) is 10.1. The van der Waals surface area contributed by atoms with Crippen LogP contribution in [0.4, 0.5) is 0 Å². The molecule has 2 N–H and O–H groups in total. The van der Waals surface area contributed by atoms with Crippen LogP contribution in [-0.2, 0) is 6.54 Å². The number of hydrogen-bond donors (Lipinski definition) is 2. The van der Waals surface area contributed by atoms with Crippen molar-refractivity contribution in [2.75, 3.05) is 13.1 Å². The summed E-state index contributed by atoms with van der Waals surface area (Å²) >= 11 is 1.76. The Balaban J connectivity index is 2.07. The van der Waals surface area contributed by atoms with Crippen LogP contribution >= 0.6 is 11.3 Å². The summed E-state index contributed by atoms with van der Waals surface area (Å²) in [6.45, 7) is 11.5. The molecule has 1 heterocycles. The molecule has 1 aromatic heterocycles. The van der Waals surface area contributed by atoms with Crippen molar-refractivity contribution in [3.05, 3.63) is 16.1 Å². The van der Waals surface area contributed by atoms with E-state index >= 15 is 0 Å². The normalized spacial score (nSPS) is 12.0. The molecule has 0 unspecified atom stereocenters. The molecule has 0 atom stereocenters. The average molecular weight is 227 g/mol. The Morgan fingerprint density at radius 1 is 1.33 bits per heavy atom. The van der Waals surface area contributed by atoms with Gasteiger partial charge in [-0.3, -0.25) is 0 Å². The number of hydrogen-bond acceptors (Lipinski definition) is 4. The lowest BCUT2D eigenvalue weighted by molar-refractivity contribution is 0.421. The van der Waals surface area contributed by atoms with Gasteiger partial charge in [0.2, 0.25) is 0 Å². The second-order valence-electron chi connectivity index (χ2n) is 4.70. The van der Waals surface area contributed by atoms with E-state index in [4.69, 9.17) is 0 Å². The van der Waals surface area contributed by atoms with Crippen LogP contribution in [0.25, 0.3) is 0 Å². The van der Waals surface area contributed by atoms with Gasteiger partial charge in [-0.2, -0.15) is 0 Å². The molecular weight excluding hydrogens is 206 g/mol. The average Bonchev–Trinajstić information content (AvgIpc) is 2.49. The fourth-order valence-corrected chi connectivity index (χ4v) is 1.99.